The maximum atomic E-state index is 9.30. The average Bonchev–Trinajstić information content (AvgIpc) is 2.95. The van der Waals surface area contributed by atoms with Crippen molar-refractivity contribution in [3.8, 4) is 6.07 Å². The summed E-state index contributed by atoms with van der Waals surface area (Å²) < 4.78 is 1.72. The molecule has 0 saturated heterocycles. The smallest absolute Gasteiger partial charge is 0.101 e. The Morgan fingerprint density at radius 1 is 1.30 bits per heavy atom. The van der Waals surface area contributed by atoms with Crippen molar-refractivity contribution in [2.24, 2.45) is 12.8 Å². The van der Waals surface area contributed by atoms with Crippen molar-refractivity contribution in [2.75, 3.05) is 10.6 Å². The van der Waals surface area contributed by atoms with Crippen LogP contribution in [-0.4, -0.2) is 21.9 Å². The molecule has 3 rings (SSSR count). The molecule has 1 aromatic heterocycles. The van der Waals surface area contributed by atoms with Gasteiger partial charge in [0, 0.05) is 31.0 Å². The van der Waals surface area contributed by atoms with E-state index in [1.54, 1.807) is 10.9 Å². The Kier molecular flexibility index (Phi) is 4.49. The van der Waals surface area contributed by atoms with Gasteiger partial charge < -0.3 is 16.4 Å². The lowest BCUT2D eigenvalue weighted by atomic mass is 9.91. The van der Waals surface area contributed by atoms with Crippen molar-refractivity contribution >= 4 is 17.1 Å². The fraction of sp³-hybridized carbons (Fsp3) is 0.412. The van der Waals surface area contributed by atoms with E-state index < -0.39 is 0 Å². The molecule has 1 saturated carbocycles. The van der Waals surface area contributed by atoms with Crippen molar-refractivity contribution in [3.05, 3.63) is 36.2 Å². The van der Waals surface area contributed by atoms with Crippen LogP contribution in [0.5, 0.6) is 0 Å². The van der Waals surface area contributed by atoms with E-state index in [0.29, 0.717) is 11.6 Å². The number of rotatable bonds is 4. The normalized spacial score (nSPS) is 20.7. The highest BCUT2D eigenvalue weighted by Crippen LogP contribution is 2.27. The van der Waals surface area contributed by atoms with Crippen LogP contribution in [0.25, 0.3) is 0 Å². The number of hydrogen-bond donors (Lipinski definition) is 3. The molecule has 0 amide bonds. The summed E-state index contributed by atoms with van der Waals surface area (Å²) in [6, 6.07) is 8.44. The van der Waals surface area contributed by atoms with Crippen LogP contribution >= 0.6 is 0 Å². The summed E-state index contributed by atoms with van der Waals surface area (Å²) >= 11 is 0. The van der Waals surface area contributed by atoms with Crippen molar-refractivity contribution in [2.45, 2.75) is 37.8 Å². The molecule has 2 atom stereocenters. The number of hydrogen-bond acceptors (Lipinski definition) is 5. The molecule has 1 fully saturated rings. The summed E-state index contributed by atoms with van der Waals surface area (Å²) in [5.74, 6) is 0. The number of nitrogens with one attached hydrogen (secondary N) is 2. The molecule has 1 aliphatic rings. The van der Waals surface area contributed by atoms with Crippen LogP contribution in [0.15, 0.2) is 30.6 Å². The maximum absolute atomic E-state index is 9.30. The monoisotopic (exact) mass is 310 g/mol. The Labute approximate surface area is 136 Å². The quantitative estimate of drug-likeness (QED) is 0.807. The Morgan fingerprint density at radius 3 is 2.83 bits per heavy atom. The summed E-state index contributed by atoms with van der Waals surface area (Å²) in [7, 11) is 1.86. The molecule has 1 aromatic carbocycles. The van der Waals surface area contributed by atoms with Gasteiger partial charge in [0.25, 0.3) is 0 Å². The SMILES string of the molecule is Cn1cc(Nc2cc(N[C@@H]3CCCC[C@@H]3N)ccc2C#N)cn1. The number of aromatic nitrogens is 2. The largest absolute Gasteiger partial charge is 0.381 e. The second kappa shape index (κ2) is 6.71. The Bertz CT molecular complexity index is 714. The van der Waals surface area contributed by atoms with Gasteiger partial charge >= 0.3 is 0 Å². The third-order valence-electron chi connectivity index (χ3n) is 4.30. The topological polar surface area (TPSA) is 91.7 Å². The minimum atomic E-state index is 0.189. The van der Waals surface area contributed by atoms with E-state index in [2.05, 4.69) is 21.8 Å². The standard InChI is InChI=1S/C17H22N6/c1-23-11-14(10-20-23)22-17-8-13(7-6-12(17)9-18)21-16-5-3-2-4-15(16)19/h6-8,10-11,15-16,21-22H,2-5,19H2,1H3/t15-,16+/m0/s1. The highest BCUT2D eigenvalue weighted by Gasteiger charge is 2.21. The average molecular weight is 310 g/mol. The van der Waals surface area contributed by atoms with Gasteiger partial charge in [-0.2, -0.15) is 10.4 Å². The molecule has 6 heteroatoms. The van der Waals surface area contributed by atoms with Gasteiger partial charge in [-0.1, -0.05) is 12.8 Å². The van der Waals surface area contributed by atoms with Crippen molar-refractivity contribution in [1.82, 2.24) is 9.78 Å². The Hall–Kier alpha value is -2.52. The van der Waals surface area contributed by atoms with Crippen LogP contribution in [0.2, 0.25) is 0 Å². The molecule has 0 bridgehead atoms. The first kappa shape index (κ1) is 15.4. The maximum Gasteiger partial charge on any atom is 0.101 e. The molecule has 23 heavy (non-hydrogen) atoms. The van der Waals surface area contributed by atoms with Crippen LogP contribution < -0.4 is 16.4 Å². The van der Waals surface area contributed by atoms with E-state index in [1.165, 1.54) is 12.8 Å². The van der Waals surface area contributed by atoms with Crippen LogP contribution in [0.4, 0.5) is 17.1 Å². The van der Waals surface area contributed by atoms with Gasteiger partial charge in [-0.3, -0.25) is 4.68 Å². The second-order valence-electron chi connectivity index (χ2n) is 6.10. The Balaban J connectivity index is 1.79. The van der Waals surface area contributed by atoms with E-state index in [0.717, 1.165) is 29.9 Å². The molecule has 0 spiro atoms. The molecule has 6 nitrogen and oxygen atoms in total. The van der Waals surface area contributed by atoms with Crippen molar-refractivity contribution < 1.29 is 0 Å². The zero-order chi connectivity index (χ0) is 16.2. The molecule has 1 aliphatic carbocycles. The molecule has 4 N–H and O–H groups in total. The highest BCUT2D eigenvalue weighted by molar-refractivity contribution is 5.70. The van der Waals surface area contributed by atoms with Crippen LogP contribution in [0, 0.1) is 11.3 Å². The second-order valence-corrected chi connectivity index (χ2v) is 6.10. The minimum Gasteiger partial charge on any atom is -0.381 e. The summed E-state index contributed by atoms with van der Waals surface area (Å²) in [6.45, 7) is 0. The first-order chi connectivity index (χ1) is 11.2. The van der Waals surface area contributed by atoms with Gasteiger partial charge in [-0.15, -0.1) is 0 Å². The summed E-state index contributed by atoms with van der Waals surface area (Å²) in [5.41, 5.74) is 9.42. The number of aryl methyl sites for hydroxylation is 1. The van der Waals surface area contributed by atoms with Gasteiger partial charge in [0.1, 0.15) is 6.07 Å². The fourth-order valence-electron chi connectivity index (χ4n) is 3.03. The van der Waals surface area contributed by atoms with Gasteiger partial charge in [0.15, 0.2) is 0 Å². The van der Waals surface area contributed by atoms with E-state index in [1.807, 2.05) is 31.4 Å². The molecule has 2 aromatic rings. The van der Waals surface area contributed by atoms with Crippen LogP contribution in [-0.2, 0) is 7.05 Å². The van der Waals surface area contributed by atoms with E-state index in [-0.39, 0.29) is 6.04 Å². The van der Waals surface area contributed by atoms with Crippen molar-refractivity contribution in [3.63, 3.8) is 0 Å². The number of benzene rings is 1. The van der Waals surface area contributed by atoms with Gasteiger partial charge in [-0.25, -0.2) is 0 Å². The first-order valence-electron chi connectivity index (χ1n) is 7.97. The molecule has 0 unspecified atom stereocenters. The van der Waals surface area contributed by atoms with Crippen LogP contribution in [0.3, 0.4) is 0 Å². The molecule has 1 heterocycles. The number of nitrogens with zero attached hydrogens (tertiary/aromatic N) is 3. The lowest BCUT2D eigenvalue weighted by molar-refractivity contribution is 0.404. The molecular weight excluding hydrogens is 288 g/mol. The number of anilines is 3. The lowest BCUT2D eigenvalue weighted by Crippen LogP contribution is -2.42. The third kappa shape index (κ3) is 3.63. The molecule has 0 aliphatic heterocycles. The van der Waals surface area contributed by atoms with E-state index in [9.17, 15) is 5.26 Å². The summed E-state index contributed by atoms with van der Waals surface area (Å²) in [6.07, 6.45) is 8.18. The van der Waals surface area contributed by atoms with Crippen LogP contribution in [0.1, 0.15) is 31.2 Å². The van der Waals surface area contributed by atoms with E-state index >= 15 is 0 Å². The predicted molar refractivity (Wildman–Crippen MR) is 91.5 cm³/mol. The molecular formula is C17H22N6. The van der Waals surface area contributed by atoms with Crippen molar-refractivity contribution in [1.29, 1.82) is 5.26 Å². The summed E-state index contributed by atoms with van der Waals surface area (Å²) in [4.78, 5) is 0. The fourth-order valence-corrected chi connectivity index (χ4v) is 3.03. The predicted octanol–water partition coefficient (Wildman–Crippen LogP) is 2.72. The van der Waals surface area contributed by atoms with E-state index in [4.69, 9.17) is 5.73 Å². The van der Waals surface area contributed by atoms with Gasteiger partial charge in [0.05, 0.1) is 23.1 Å². The molecule has 120 valence electrons. The van der Waals surface area contributed by atoms with Gasteiger partial charge in [-0.05, 0) is 31.0 Å². The van der Waals surface area contributed by atoms with Gasteiger partial charge in [0.2, 0.25) is 0 Å². The highest BCUT2D eigenvalue weighted by atomic mass is 15.3. The Morgan fingerprint density at radius 2 is 2.13 bits per heavy atom. The number of nitrogens with two attached hydrogens (primary N) is 1. The third-order valence-corrected chi connectivity index (χ3v) is 4.30. The minimum absolute atomic E-state index is 0.189. The number of nitriles is 1. The lowest BCUT2D eigenvalue weighted by Gasteiger charge is -2.30. The summed E-state index contributed by atoms with van der Waals surface area (Å²) in [5, 5.41) is 20.2. The zero-order valence-corrected chi connectivity index (χ0v) is 13.3. The molecule has 0 radical (unpaired) electrons. The first-order valence-corrected chi connectivity index (χ1v) is 7.97. The zero-order valence-electron chi connectivity index (χ0n) is 13.3.